The molecule has 0 bridgehead atoms. The smallest absolute Gasteiger partial charge is 0.332 e. The molecule has 9 heteroatoms. The Morgan fingerprint density at radius 3 is 2.64 bits per heavy atom. The number of aliphatic hydroxyl groups excluding tert-OH is 1. The molecule has 2 aliphatic rings. The maximum Gasteiger partial charge on any atom is 0.332 e. The van der Waals surface area contributed by atoms with E-state index in [0.717, 1.165) is 18.4 Å². The highest BCUT2D eigenvalue weighted by Crippen LogP contribution is 2.31. The van der Waals surface area contributed by atoms with Gasteiger partial charge in [0, 0.05) is 37.9 Å². The maximum atomic E-state index is 13.5. The van der Waals surface area contributed by atoms with Gasteiger partial charge in [-0.2, -0.15) is 4.99 Å². The molecule has 2 aromatic rings. The summed E-state index contributed by atoms with van der Waals surface area (Å²) in [4.78, 5) is 35.7. The standard InChI is InChI=1S/C27H33FN4O4/c1-2-36-25-21(7-4-19-5-9-22(28)10-6-19)8-11-23-24(30-25)32(18-20-12-14-29-15-13-20)27(35)31(26(23)34)16-3-17-33/h5,9,12-15,21,33H,2-4,6-8,10-11,16-18H2,1H3. The van der Waals surface area contributed by atoms with Gasteiger partial charge >= 0.3 is 5.69 Å². The van der Waals surface area contributed by atoms with Gasteiger partial charge in [-0.1, -0.05) is 11.6 Å². The number of aliphatic imine (C=N–C) groups is 1. The van der Waals surface area contributed by atoms with Crippen molar-refractivity contribution in [1.29, 1.82) is 0 Å². The number of allylic oxidation sites excluding steroid dienone is 4. The number of ether oxygens (including phenoxy) is 1. The average molecular weight is 497 g/mol. The Kier molecular flexibility index (Phi) is 8.64. The Labute approximate surface area is 209 Å². The molecule has 1 unspecified atom stereocenters. The van der Waals surface area contributed by atoms with Crippen LogP contribution in [0.2, 0.25) is 0 Å². The van der Waals surface area contributed by atoms with Gasteiger partial charge in [0.25, 0.3) is 5.56 Å². The number of fused-ring (bicyclic) bond motifs is 1. The molecule has 0 saturated carbocycles. The SMILES string of the molecule is CCOC1=Nc2c(c(=O)n(CCCO)c(=O)n2Cc2ccncc2)CCC1CCC1=CC=C(F)CC1. The molecule has 1 aliphatic carbocycles. The van der Waals surface area contributed by atoms with Crippen LogP contribution in [-0.4, -0.2) is 38.3 Å². The fourth-order valence-electron chi connectivity index (χ4n) is 4.76. The van der Waals surface area contributed by atoms with E-state index in [0.29, 0.717) is 56.0 Å². The van der Waals surface area contributed by atoms with Crippen LogP contribution in [0, 0.1) is 5.92 Å². The van der Waals surface area contributed by atoms with Crippen LogP contribution >= 0.6 is 0 Å². The van der Waals surface area contributed by atoms with Crippen LogP contribution in [-0.2, 0) is 24.2 Å². The molecule has 1 N–H and O–H groups in total. The lowest BCUT2D eigenvalue weighted by molar-refractivity contribution is 0.277. The van der Waals surface area contributed by atoms with E-state index in [9.17, 15) is 19.1 Å². The van der Waals surface area contributed by atoms with Gasteiger partial charge in [0.05, 0.1) is 18.7 Å². The lowest BCUT2D eigenvalue weighted by Gasteiger charge is -2.19. The summed E-state index contributed by atoms with van der Waals surface area (Å²) in [6.07, 6.45) is 10.8. The minimum Gasteiger partial charge on any atom is -0.481 e. The lowest BCUT2D eigenvalue weighted by atomic mass is 9.91. The fourth-order valence-corrected chi connectivity index (χ4v) is 4.76. The molecule has 0 fully saturated rings. The van der Waals surface area contributed by atoms with E-state index in [-0.39, 0.29) is 37.0 Å². The minimum absolute atomic E-state index is 0.0243. The Hall–Kier alpha value is -3.33. The molecule has 8 nitrogen and oxygen atoms in total. The van der Waals surface area contributed by atoms with Crippen molar-refractivity contribution in [3.8, 4) is 0 Å². The fraction of sp³-hybridized carbons (Fsp3) is 0.481. The molecule has 0 radical (unpaired) electrons. The van der Waals surface area contributed by atoms with Gasteiger partial charge in [-0.05, 0) is 69.2 Å². The van der Waals surface area contributed by atoms with E-state index in [1.54, 1.807) is 12.4 Å². The van der Waals surface area contributed by atoms with Crippen molar-refractivity contribution in [3.05, 3.63) is 80.0 Å². The summed E-state index contributed by atoms with van der Waals surface area (Å²) in [5.41, 5.74) is 1.73. The van der Waals surface area contributed by atoms with E-state index >= 15 is 0 Å². The second-order valence-electron chi connectivity index (χ2n) is 9.16. The zero-order valence-corrected chi connectivity index (χ0v) is 20.7. The van der Waals surface area contributed by atoms with Gasteiger partial charge in [-0.3, -0.25) is 18.9 Å². The number of halogens is 1. The number of nitrogens with zero attached hydrogens (tertiary/aromatic N) is 4. The number of aliphatic hydroxyl groups is 1. The van der Waals surface area contributed by atoms with Crippen molar-refractivity contribution in [2.45, 2.75) is 65.0 Å². The molecular formula is C27H33FN4O4. The molecule has 0 spiro atoms. The molecule has 0 aromatic carbocycles. The third-order valence-corrected chi connectivity index (χ3v) is 6.72. The predicted molar refractivity (Wildman–Crippen MR) is 136 cm³/mol. The van der Waals surface area contributed by atoms with E-state index in [1.807, 2.05) is 25.1 Å². The molecule has 1 atom stereocenters. The van der Waals surface area contributed by atoms with Crippen molar-refractivity contribution in [2.75, 3.05) is 13.2 Å². The summed E-state index contributed by atoms with van der Waals surface area (Å²) in [5, 5.41) is 9.31. The van der Waals surface area contributed by atoms with E-state index < -0.39 is 5.69 Å². The summed E-state index contributed by atoms with van der Waals surface area (Å²) >= 11 is 0. The van der Waals surface area contributed by atoms with E-state index in [4.69, 9.17) is 9.73 Å². The number of aromatic nitrogens is 3. The third kappa shape index (κ3) is 5.90. The number of hydrogen-bond donors (Lipinski definition) is 1. The summed E-state index contributed by atoms with van der Waals surface area (Å²) < 4.78 is 22.1. The van der Waals surface area contributed by atoms with Crippen LogP contribution in [0.3, 0.4) is 0 Å². The predicted octanol–water partition coefficient (Wildman–Crippen LogP) is 3.82. The first-order valence-electron chi connectivity index (χ1n) is 12.6. The second-order valence-corrected chi connectivity index (χ2v) is 9.16. The average Bonchev–Trinajstić information content (AvgIpc) is 3.07. The van der Waals surface area contributed by atoms with Crippen LogP contribution < -0.4 is 11.2 Å². The molecule has 3 heterocycles. The molecule has 36 heavy (non-hydrogen) atoms. The minimum atomic E-state index is -0.455. The molecule has 4 rings (SSSR count). The van der Waals surface area contributed by atoms with Gasteiger partial charge in [-0.15, -0.1) is 0 Å². The first-order chi connectivity index (χ1) is 17.5. The lowest BCUT2D eigenvalue weighted by Crippen LogP contribution is -2.42. The molecular weight excluding hydrogens is 463 g/mol. The topological polar surface area (TPSA) is 98.7 Å². The summed E-state index contributed by atoms with van der Waals surface area (Å²) in [7, 11) is 0. The summed E-state index contributed by atoms with van der Waals surface area (Å²) in [5.74, 6) is 0.758. The number of hydrogen-bond acceptors (Lipinski definition) is 6. The number of rotatable bonds is 9. The van der Waals surface area contributed by atoms with Gasteiger partial charge in [0.15, 0.2) is 5.90 Å². The first kappa shape index (κ1) is 25.8. The molecule has 192 valence electrons. The normalized spacial score (nSPS) is 17.5. The van der Waals surface area contributed by atoms with Gasteiger partial charge in [0.2, 0.25) is 0 Å². The molecule has 2 aromatic heterocycles. The number of pyridine rings is 1. The zero-order valence-electron chi connectivity index (χ0n) is 20.7. The highest BCUT2D eigenvalue weighted by atomic mass is 19.1. The van der Waals surface area contributed by atoms with Crippen molar-refractivity contribution in [3.63, 3.8) is 0 Å². The van der Waals surface area contributed by atoms with E-state index in [1.165, 1.54) is 20.8 Å². The first-order valence-corrected chi connectivity index (χ1v) is 12.6. The second kappa shape index (κ2) is 12.1. The van der Waals surface area contributed by atoms with Crippen LogP contribution in [0.5, 0.6) is 0 Å². The highest BCUT2D eigenvalue weighted by molar-refractivity contribution is 5.82. The largest absolute Gasteiger partial charge is 0.481 e. The maximum absolute atomic E-state index is 13.5. The van der Waals surface area contributed by atoms with Crippen molar-refractivity contribution in [1.82, 2.24) is 14.1 Å². The monoisotopic (exact) mass is 496 g/mol. The Bertz CT molecular complexity index is 1280. The Morgan fingerprint density at radius 2 is 1.94 bits per heavy atom. The Balaban J connectivity index is 1.74. The Morgan fingerprint density at radius 1 is 1.14 bits per heavy atom. The van der Waals surface area contributed by atoms with Crippen LogP contribution in [0.4, 0.5) is 10.2 Å². The van der Waals surface area contributed by atoms with E-state index in [2.05, 4.69) is 4.98 Å². The van der Waals surface area contributed by atoms with Gasteiger partial charge < -0.3 is 9.84 Å². The van der Waals surface area contributed by atoms with Crippen LogP contribution in [0.25, 0.3) is 0 Å². The third-order valence-electron chi connectivity index (χ3n) is 6.72. The van der Waals surface area contributed by atoms with Gasteiger partial charge in [0.1, 0.15) is 11.6 Å². The zero-order chi connectivity index (χ0) is 25.5. The molecule has 1 aliphatic heterocycles. The summed E-state index contributed by atoms with van der Waals surface area (Å²) in [6, 6.07) is 3.65. The summed E-state index contributed by atoms with van der Waals surface area (Å²) in [6.45, 7) is 2.57. The van der Waals surface area contributed by atoms with Crippen molar-refractivity contribution < 1.29 is 14.2 Å². The van der Waals surface area contributed by atoms with Crippen molar-refractivity contribution >= 4 is 11.7 Å². The quantitative estimate of drug-likeness (QED) is 0.569. The molecule has 0 saturated heterocycles. The molecule has 0 amide bonds. The van der Waals surface area contributed by atoms with Gasteiger partial charge in [-0.25, -0.2) is 9.18 Å². The van der Waals surface area contributed by atoms with Crippen LogP contribution in [0.15, 0.2) is 62.7 Å². The highest BCUT2D eigenvalue weighted by Gasteiger charge is 2.28. The van der Waals surface area contributed by atoms with Crippen LogP contribution in [0.1, 0.15) is 56.6 Å². The van der Waals surface area contributed by atoms with Crippen molar-refractivity contribution in [2.24, 2.45) is 10.9 Å².